The minimum absolute atomic E-state index is 0.0440. The van der Waals surface area contributed by atoms with E-state index in [9.17, 15) is 13.2 Å². The number of benzene rings is 1. The highest BCUT2D eigenvalue weighted by Gasteiger charge is 2.35. The molecule has 6 nitrogen and oxygen atoms in total. The third kappa shape index (κ3) is 3.94. The molecular weight excluding hydrogens is 370 g/mol. The molecular formula is C15H16ClN3O3S2. The Morgan fingerprint density at radius 2 is 2.08 bits per heavy atom. The van der Waals surface area contributed by atoms with Crippen LogP contribution in [0.2, 0.25) is 5.15 Å². The zero-order valence-electron chi connectivity index (χ0n) is 12.6. The molecule has 3 rings (SSSR count). The summed E-state index contributed by atoms with van der Waals surface area (Å²) >= 11 is 6.54. The number of aromatic nitrogens is 1. The van der Waals surface area contributed by atoms with Gasteiger partial charge in [0.25, 0.3) is 10.0 Å². The molecule has 1 saturated heterocycles. The van der Waals surface area contributed by atoms with Crippen LogP contribution in [-0.4, -0.2) is 32.4 Å². The van der Waals surface area contributed by atoms with Crippen LogP contribution in [0, 0.1) is 11.8 Å². The Labute approximate surface area is 149 Å². The summed E-state index contributed by atoms with van der Waals surface area (Å²) in [4.78, 5) is 16.2. The van der Waals surface area contributed by atoms with Crippen molar-refractivity contribution in [3.63, 3.8) is 0 Å². The number of halogens is 1. The van der Waals surface area contributed by atoms with Gasteiger partial charge in [0.1, 0.15) is 5.15 Å². The Hall–Kier alpha value is -1.48. The van der Waals surface area contributed by atoms with E-state index in [4.69, 9.17) is 11.6 Å². The van der Waals surface area contributed by atoms with E-state index in [0.29, 0.717) is 13.1 Å². The lowest BCUT2D eigenvalue weighted by atomic mass is 9.89. The van der Waals surface area contributed by atoms with Gasteiger partial charge in [-0.2, -0.15) is 8.42 Å². The van der Waals surface area contributed by atoms with E-state index in [1.54, 1.807) is 0 Å². The fraction of sp³-hybridized carbons (Fsp3) is 0.333. The van der Waals surface area contributed by atoms with Crippen molar-refractivity contribution in [2.45, 2.75) is 10.8 Å². The summed E-state index contributed by atoms with van der Waals surface area (Å²) < 4.78 is 26.4. The van der Waals surface area contributed by atoms with Gasteiger partial charge in [0.2, 0.25) is 10.2 Å². The Bertz CT molecular complexity index is 823. The number of thiazole rings is 1. The first-order valence-electron chi connectivity index (χ1n) is 7.38. The second-order valence-corrected chi connectivity index (χ2v) is 8.72. The van der Waals surface area contributed by atoms with Gasteiger partial charge in [-0.1, -0.05) is 41.9 Å². The molecule has 1 aromatic carbocycles. The van der Waals surface area contributed by atoms with Crippen LogP contribution >= 0.6 is 22.9 Å². The maximum atomic E-state index is 12.5. The number of sulfonamides is 1. The molecule has 1 fully saturated rings. The summed E-state index contributed by atoms with van der Waals surface area (Å²) in [5.74, 6) is -0.870. The highest BCUT2D eigenvalue weighted by atomic mass is 35.5. The van der Waals surface area contributed by atoms with Crippen molar-refractivity contribution in [3.05, 3.63) is 46.4 Å². The number of hydrogen-bond acceptors (Lipinski definition) is 6. The van der Waals surface area contributed by atoms with Gasteiger partial charge in [0.15, 0.2) is 0 Å². The predicted octanol–water partition coefficient (Wildman–Crippen LogP) is 1.68. The second-order valence-electron chi connectivity index (χ2n) is 5.62. The van der Waals surface area contributed by atoms with Crippen molar-refractivity contribution in [1.29, 1.82) is 0 Å². The van der Waals surface area contributed by atoms with E-state index in [2.05, 4.69) is 15.0 Å². The highest BCUT2D eigenvalue weighted by molar-refractivity contribution is 7.92. The van der Waals surface area contributed by atoms with Crippen molar-refractivity contribution in [2.75, 3.05) is 13.1 Å². The summed E-state index contributed by atoms with van der Waals surface area (Å²) in [7, 11) is -3.98. The zero-order chi connectivity index (χ0) is 17.2. The fourth-order valence-corrected chi connectivity index (χ4v) is 5.00. The van der Waals surface area contributed by atoms with E-state index < -0.39 is 21.8 Å². The van der Waals surface area contributed by atoms with Crippen molar-refractivity contribution < 1.29 is 13.2 Å². The summed E-state index contributed by atoms with van der Waals surface area (Å²) in [5.41, 5.74) is 1.12. The van der Waals surface area contributed by atoms with Crippen molar-refractivity contribution >= 4 is 38.9 Å². The van der Waals surface area contributed by atoms with Crippen LogP contribution in [0.4, 0.5) is 0 Å². The van der Waals surface area contributed by atoms with Gasteiger partial charge in [0, 0.05) is 11.9 Å². The molecule has 0 spiro atoms. The van der Waals surface area contributed by atoms with Gasteiger partial charge in [-0.3, -0.25) is 4.79 Å². The maximum absolute atomic E-state index is 12.5. The van der Waals surface area contributed by atoms with Crippen molar-refractivity contribution in [3.8, 4) is 0 Å². The average molecular weight is 386 g/mol. The summed E-state index contributed by atoms with van der Waals surface area (Å²) in [6.07, 6.45) is 0.717. The molecule has 24 heavy (non-hydrogen) atoms. The molecule has 1 aromatic heterocycles. The van der Waals surface area contributed by atoms with Crippen LogP contribution in [0.15, 0.2) is 40.1 Å². The quantitative estimate of drug-likeness (QED) is 0.817. The molecule has 0 aliphatic carbocycles. The largest absolute Gasteiger partial charge is 0.316 e. The number of hydrogen-bond donors (Lipinski definition) is 2. The van der Waals surface area contributed by atoms with E-state index >= 15 is 0 Å². The first kappa shape index (κ1) is 17.3. The Balaban J connectivity index is 1.69. The topological polar surface area (TPSA) is 88.2 Å². The maximum Gasteiger partial charge on any atom is 0.291 e. The normalized spacial score (nSPS) is 20.9. The number of rotatable bonds is 5. The summed E-state index contributed by atoms with van der Waals surface area (Å²) in [5, 5.41) is 4.67. The first-order chi connectivity index (χ1) is 11.5. The number of nitrogens with zero attached hydrogens (tertiary/aromatic N) is 1. The minimum atomic E-state index is -3.98. The number of nitrogens with one attached hydrogen (secondary N) is 2. The lowest BCUT2D eigenvalue weighted by Gasteiger charge is -2.17. The van der Waals surface area contributed by atoms with Crippen LogP contribution in [0.1, 0.15) is 5.56 Å². The van der Waals surface area contributed by atoms with Gasteiger partial charge in [-0.05, 0) is 24.4 Å². The monoisotopic (exact) mass is 385 g/mol. The molecule has 2 heterocycles. The number of amides is 1. The molecule has 0 radical (unpaired) electrons. The third-order valence-electron chi connectivity index (χ3n) is 3.94. The van der Waals surface area contributed by atoms with Gasteiger partial charge >= 0.3 is 0 Å². The fourth-order valence-electron chi connectivity index (χ4n) is 2.79. The second kappa shape index (κ2) is 7.18. The number of carbonyl (C=O) groups is 1. The smallest absolute Gasteiger partial charge is 0.291 e. The predicted molar refractivity (Wildman–Crippen MR) is 92.4 cm³/mol. The lowest BCUT2D eigenvalue weighted by molar-refractivity contribution is -0.123. The molecule has 9 heteroatoms. The highest BCUT2D eigenvalue weighted by Crippen LogP contribution is 2.23. The van der Waals surface area contributed by atoms with E-state index in [1.807, 2.05) is 30.3 Å². The molecule has 2 atom stereocenters. The molecule has 0 unspecified atom stereocenters. The number of carbonyl (C=O) groups excluding carboxylic acids is 1. The van der Waals surface area contributed by atoms with Crippen molar-refractivity contribution in [2.24, 2.45) is 11.8 Å². The first-order valence-corrected chi connectivity index (χ1v) is 10.1. The molecule has 0 saturated carbocycles. The SMILES string of the molecule is O=C(NS(=O)(=O)c1nc(Cl)cs1)[C@@H]1CNC[C@H]1Cc1ccccc1. The zero-order valence-corrected chi connectivity index (χ0v) is 15.0. The Morgan fingerprint density at radius 1 is 1.33 bits per heavy atom. The molecule has 1 amide bonds. The van der Waals surface area contributed by atoms with E-state index in [-0.39, 0.29) is 15.4 Å². The van der Waals surface area contributed by atoms with Crippen LogP contribution in [0.5, 0.6) is 0 Å². The molecule has 1 aliphatic rings. The van der Waals surface area contributed by atoms with Gasteiger partial charge in [-0.25, -0.2) is 9.71 Å². The van der Waals surface area contributed by atoms with Crippen LogP contribution in [0.25, 0.3) is 0 Å². The van der Waals surface area contributed by atoms with Crippen LogP contribution < -0.4 is 10.0 Å². The Morgan fingerprint density at radius 3 is 2.75 bits per heavy atom. The Kier molecular flexibility index (Phi) is 5.19. The van der Waals surface area contributed by atoms with E-state index in [1.165, 1.54) is 5.38 Å². The minimum Gasteiger partial charge on any atom is -0.316 e. The van der Waals surface area contributed by atoms with Crippen molar-refractivity contribution in [1.82, 2.24) is 15.0 Å². The van der Waals surface area contributed by atoms with Gasteiger partial charge in [0.05, 0.1) is 5.92 Å². The molecule has 2 N–H and O–H groups in total. The molecule has 128 valence electrons. The lowest BCUT2D eigenvalue weighted by Crippen LogP contribution is -2.39. The van der Waals surface area contributed by atoms with E-state index in [0.717, 1.165) is 23.3 Å². The third-order valence-corrected chi connectivity index (χ3v) is 6.86. The summed E-state index contributed by atoms with van der Waals surface area (Å²) in [6, 6.07) is 9.84. The van der Waals surface area contributed by atoms with Gasteiger partial charge < -0.3 is 5.32 Å². The summed E-state index contributed by atoms with van der Waals surface area (Å²) in [6.45, 7) is 1.13. The molecule has 2 aromatic rings. The van der Waals surface area contributed by atoms with Crippen LogP contribution in [0.3, 0.4) is 0 Å². The molecule has 0 bridgehead atoms. The molecule has 1 aliphatic heterocycles. The average Bonchev–Trinajstić information content (AvgIpc) is 3.17. The van der Waals surface area contributed by atoms with Crippen LogP contribution in [-0.2, 0) is 21.2 Å². The standard InChI is InChI=1S/C15H16ClN3O3S2/c16-13-9-23-15(18-13)24(21,22)19-14(20)12-8-17-7-11(12)6-10-4-2-1-3-5-10/h1-5,9,11-12,17H,6-8H2,(H,19,20)/t11-,12-/m1/s1. The van der Waals surface area contributed by atoms with Gasteiger partial charge in [-0.15, -0.1) is 11.3 Å².